The van der Waals surface area contributed by atoms with Gasteiger partial charge < -0.3 is 15.4 Å². The van der Waals surface area contributed by atoms with Crippen molar-refractivity contribution in [2.75, 3.05) is 6.54 Å². The minimum Gasteiger partial charge on any atom is -0.508 e. The summed E-state index contributed by atoms with van der Waals surface area (Å²) in [7, 11) is 0. The van der Waals surface area contributed by atoms with E-state index >= 15 is 0 Å². The Morgan fingerprint density at radius 1 is 1.09 bits per heavy atom. The maximum Gasteiger partial charge on any atom is 0.115 e. The monoisotopic (exact) mass is 294 g/mol. The third-order valence-corrected chi connectivity index (χ3v) is 4.08. The van der Waals surface area contributed by atoms with Crippen LogP contribution in [-0.4, -0.2) is 16.6 Å². The van der Waals surface area contributed by atoms with Gasteiger partial charge in [0.2, 0.25) is 0 Å². The molecule has 1 heterocycles. The van der Waals surface area contributed by atoms with Crippen LogP contribution in [0.3, 0.4) is 0 Å². The van der Waals surface area contributed by atoms with Gasteiger partial charge in [-0.2, -0.15) is 0 Å². The number of nitrogens with one attached hydrogen (secondary N) is 2. The van der Waals surface area contributed by atoms with Crippen molar-refractivity contribution in [1.82, 2.24) is 10.3 Å². The van der Waals surface area contributed by atoms with E-state index in [2.05, 4.69) is 41.6 Å². The molecule has 0 saturated heterocycles. The zero-order valence-corrected chi connectivity index (χ0v) is 12.9. The molecule has 0 spiro atoms. The number of hydrogen-bond acceptors (Lipinski definition) is 2. The second-order valence-corrected chi connectivity index (χ2v) is 5.60. The molecule has 3 heteroatoms. The van der Waals surface area contributed by atoms with E-state index in [0.29, 0.717) is 5.75 Å². The first kappa shape index (κ1) is 14.7. The van der Waals surface area contributed by atoms with Crippen LogP contribution < -0.4 is 5.32 Å². The third-order valence-electron chi connectivity index (χ3n) is 4.08. The van der Waals surface area contributed by atoms with Crippen molar-refractivity contribution < 1.29 is 5.11 Å². The number of aromatic hydroxyl groups is 1. The summed E-state index contributed by atoms with van der Waals surface area (Å²) in [6, 6.07) is 13.9. The highest BCUT2D eigenvalue weighted by Crippen LogP contribution is 2.22. The topological polar surface area (TPSA) is 48.0 Å². The Morgan fingerprint density at radius 3 is 2.77 bits per heavy atom. The van der Waals surface area contributed by atoms with Crippen LogP contribution in [-0.2, 0) is 19.4 Å². The molecule has 0 aliphatic heterocycles. The number of aryl methyl sites for hydroxylation is 1. The van der Waals surface area contributed by atoms with Crippen LogP contribution in [0.25, 0.3) is 10.9 Å². The highest BCUT2D eigenvalue weighted by molar-refractivity contribution is 5.86. The largest absolute Gasteiger partial charge is 0.508 e. The summed E-state index contributed by atoms with van der Waals surface area (Å²) in [4.78, 5) is 3.41. The summed E-state index contributed by atoms with van der Waals surface area (Å²) < 4.78 is 0. The van der Waals surface area contributed by atoms with Gasteiger partial charge in [-0.05, 0) is 48.2 Å². The predicted molar refractivity (Wildman–Crippen MR) is 91.2 cm³/mol. The van der Waals surface area contributed by atoms with Crippen molar-refractivity contribution in [3.8, 4) is 5.75 Å². The van der Waals surface area contributed by atoms with Gasteiger partial charge in [0, 0.05) is 23.6 Å². The van der Waals surface area contributed by atoms with E-state index in [0.717, 1.165) is 31.5 Å². The molecule has 0 atom stereocenters. The molecule has 114 valence electrons. The van der Waals surface area contributed by atoms with E-state index in [1.807, 2.05) is 12.1 Å². The minimum absolute atomic E-state index is 0.322. The number of aromatic nitrogens is 1. The summed E-state index contributed by atoms with van der Waals surface area (Å²) >= 11 is 0. The van der Waals surface area contributed by atoms with Gasteiger partial charge >= 0.3 is 0 Å². The zero-order valence-electron chi connectivity index (χ0n) is 12.9. The molecule has 1 aromatic heterocycles. The lowest BCUT2D eigenvalue weighted by molar-refractivity contribution is 0.474. The van der Waals surface area contributed by atoms with Crippen LogP contribution in [0.15, 0.2) is 48.7 Å². The summed E-state index contributed by atoms with van der Waals surface area (Å²) in [6.45, 7) is 3.88. The average Bonchev–Trinajstić information content (AvgIpc) is 2.95. The van der Waals surface area contributed by atoms with Gasteiger partial charge in [-0.3, -0.25) is 0 Å². The average molecular weight is 294 g/mol. The number of para-hydroxylation sites is 1. The predicted octanol–water partition coefficient (Wildman–Crippen LogP) is 3.77. The molecule has 0 aliphatic rings. The molecule has 22 heavy (non-hydrogen) atoms. The molecular formula is C19H22N2O. The summed E-state index contributed by atoms with van der Waals surface area (Å²) in [5.74, 6) is 0.322. The van der Waals surface area contributed by atoms with E-state index in [9.17, 15) is 5.11 Å². The Hall–Kier alpha value is -2.26. The first-order valence-corrected chi connectivity index (χ1v) is 7.84. The molecule has 0 saturated carbocycles. The Morgan fingerprint density at radius 2 is 1.95 bits per heavy atom. The smallest absolute Gasteiger partial charge is 0.115 e. The summed E-state index contributed by atoms with van der Waals surface area (Å²) in [6.07, 6.45) is 4.17. The second kappa shape index (κ2) is 6.67. The van der Waals surface area contributed by atoms with Gasteiger partial charge in [-0.1, -0.05) is 37.3 Å². The SMILES string of the molecule is CCc1cccc2c(CCNCc3cccc(O)c3)c[nH]c12. The van der Waals surface area contributed by atoms with Crippen molar-refractivity contribution in [1.29, 1.82) is 0 Å². The van der Waals surface area contributed by atoms with Crippen LogP contribution in [0.4, 0.5) is 0 Å². The molecule has 0 unspecified atom stereocenters. The van der Waals surface area contributed by atoms with Crippen LogP contribution in [0.2, 0.25) is 0 Å². The van der Waals surface area contributed by atoms with Crippen molar-refractivity contribution in [2.24, 2.45) is 0 Å². The highest BCUT2D eigenvalue weighted by Gasteiger charge is 2.06. The molecule has 0 aliphatic carbocycles. The number of aromatic amines is 1. The third kappa shape index (κ3) is 3.15. The van der Waals surface area contributed by atoms with Crippen LogP contribution in [0, 0.1) is 0 Å². The van der Waals surface area contributed by atoms with Crippen molar-refractivity contribution in [2.45, 2.75) is 26.3 Å². The van der Waals surface area contributed by atoms with E-state index in [1.54, 1.807) is 12.1 Å². The van der Waals surface area contributed by atoms with Crippen LogP contribution >= 0.6 is 0 Å². The summed E-state index contributed by atoms with van der Waals surface area (Å²) in [5.41, 5.74) is 5.10. The molecule has 3 aromatic rings. The minimum atomic E-state index is 0.322. The maximum atomic E-state index is 9.46. The first-order valence-electron chi connectivity index (χ1n) is 7.84. The number of rotatable bonds is 6. The second-order valence-electron chi connectivity index (χ2n) is 5.60. The summed E-state index contributed by atoms with van der Waals surface area (Å²) in [5, 5.41) is 14.2. The number of hydrogen-bond donors (Lipinski definition) is 3. The number of benzene rings is 2. The lowest BCUT2D eigenvalue weighted by Crippen LogP contribution is -2.16. The number of H-pyrrole nitrogens is 1. The van der Waals surface area contributed by atoms with Crippen molar-refractivity contribution in [3.63, 3.8) is 0 Å². The Labute approximate surface area is 131 Å². The molecule has 0 bridgehead atoms. The highest BCUT2D eigenvalue weighted by atomic mass is 16.3. The Kier molecular flexibility index (Phi) is 4.45. The lowest BCUT2D eigenvalue weighted by Gasteiger charge is -2.05. The molecule has 2 aromatic carbocycles. The first-order chi connectivity index (χ1) is 10.8. The fourth-order valence-electron chi connectivity index (χ4n) is 2.90. The number of phenols is 1. The molecule has 0 radical (unpaired) electrons. The fourth-order valence-corrected chi connectivity index (χ4v) is 2.90. The fraction of sp³-hybridized carbons (Fsp3) is 0.263. The van der Waals surface area contributed by atoms with Gasteiger partial charge in [0.15, 0.2) is 0 Å². The Bertz CT molecular complexity index is 761. The van der Waals surface area contributed by atoms with Gasteiger partial charge in [0.05, 0.1) is 0 Å². The van der Waals surface area contributed by atoms with E-state index in [-0.39, 0.29) is 0 Å². The lowest BCUT2D eigenvalue weighted by atomic mass is 10.1. The normalized spacial score (nSPS) is 11.1. The van der Waals surface area contributed by atoms with E-state index in [4.69, 9.17) is 0 Å². The zero-order chi connectivity index (χ0) is 15.4. The molecule has 0 fully saturated rings. The Balaban J connectivity index is 1.60. The van der Waals surface area contributed by atoms with Gasteiger partial charge in [0.25, 0.3) is 0 Å². The standard InChI is InChI=1S/C19H22N2O/c1-2-15-6-4-8-18-16(13-21-19(15)18)9-10-20-12-14-5-3-7-17(22)11-14/h3-8,11,13,20-22H,2,9-10,12H2,1H3. The van der Waals surface area contributed by atoms with Crippen molar-refractivity contribution >= 4 is 10.9 Å². The van der Waals surface area contributed by atoms with Gasteiger partial charge in [-0.15, -0.1) is 0 Å². The molecule has 3 N–H and O–H groups in total. The molecule has 0 amide bonds. The number of fused-ring (bicyclic) bond motifs is 1. The van der Waals surface area contributed by atoms with Crippen molar-refractivity contribution in [3.05, 3.63) is 65.4 Å². The molecule has 3 nitrogen and oxygen atoms in total. The molecular weight excluding hydrogens is 272 g/mol. The van der Waals surface area contributed by atoms with E-state index < -0.39 is 0 Å². The van der Waals surface area contributed by atoms with Crippen LogP contribution in [0.5, 0.6) is 5.75 Å². The number of phenolic OH excluding ortho intramolecular Hbond substituents is 1. The maximum absolute atomic E-state index is 9.46. The quantitative estimate of drug-likeness (QED) is 0.606. The van der Waals surface area contributed by atoms with Gasteiger partial charge in [0.1, 0.15) is 5.75 Å². The van der Waals surface area contributed by atoms with Crippen LogP contribution in [0.1, 0.15) is 23.6 Å². The van der Waals surface area contributed by atoms with Gasteiger partial charge in [-0.25, -0.2) is 0 Å². The molecule has 3 rings (SSSR count). The van der Waals surface area contributed by atoms with E-state index in [1.165, 1.54) is 22.0 Å².